The number of hydrogen-bond acceptors (Lipinski definition) is 4. The summed E-state index contributed by atoms with van der Waals surface area (Å²) < 4.78 is 0. The summed E-state index contributed by atoms with van der Waals surface area (Å²) in [5, 5.41) is 11.6. The summed E-state index contributed by atoms with van der Waals surface area (Å²) in [6, 6.07) is -0.618. The minimum Gasteiger partial charge on any atom is -0.480 e. The number of hydrazine groups is 1. The van der Waals surface area contributed by atoms with Crippen molar-refractivity contribution >= 4 is 12.3 Å². The molecule has 0 fully saturated rings. The molecule has 0 rings (SSSR count). The van der Waals surface area contributed by atoms with Gasteiger partial charge < -0.3 is 16.4 Å². The van der Waals surface area contributed by atoms with Crippen LogP contribution in [0.5, 0.6) is 0 Å². The van der Waals surface area contributed by atoms with Crippen LogP contribution in [-0.2, 0) is 4.79 Å². The molecule has 0 aromatic carbocycles. The monoisotopic (exact) mass is 160 g/mol. The van der Waals surface area contributed by atoms with Crippen LogP contribution in [0.15, 0.2) is 5.10 Å². The first-order chi connectivity index (χ1) is 5.22. The van der Waals surface area contributed by atoms with Gasteiger partial charge in [-0.1, -0.05) is 6.92 Å². The first kappa shape index (κ1) is 9.70. The van der Waals surface area contributed by atoms with Crippen LogP contribution in [0.1, 0.15) is 13.3 Å². The fraction of sp³-hybridized carbons (Fsp3) is 0.600. The Hall–Kier alpha value is -1.30. The summed E-state index contributed by atoms with van der Waals surface area (Å²) in [6.45, 7) is 1.76. The van der Waals surface area contributed by atoms with E-state index in [1.807, 2.05) is 0 Å². The van der Waals surface area contributed by atoms with Gasteiger partial charge >= 0.3 is 5.97 Å². The van der Waals surface area contributed by atoms with E-state index in [0.29, 0.717) is 6.42 Å². The van der Waals surface area contributed by atoms with E-state index < -0.39 is 12.0 Å². The Labute approximate surface area is 64.4 Å². The molecule has 64 valence electrons. The summed E-state index contributed by atoms with van der Waals surface area (Å²) in [4.78, 5) is 10.3. The Morgan fingerprint density at radius 1 is 1.91 bits per heavy atom. The molecule has 0 saturated heterocycles. The fourth-order valence-corrected chi connectivity index (χ4v) is 0.514. The number of nitrogens with two attached hydrogens (primary N) is 1. The number of aliphatic carboxylic acids is 1. The molecule has 6 heteroatoms. The van der Waals surface area contributed by atoms with Gasteiger partial charge in [-0.2, -0.15) is 5.10 Å². The molecule has 0 amide bonds. The van der Waals surface area contributed by atoms with Crippen molar-refractivity contribution in [3.63, 3.8) is 0 Å². The summed E-state index contributed by atoms with van der Waals surface area (Å²) in [6.07, 6.45) is 1.66. The molecular formula is C5H12N4O2. The van der Waals surface area contributed by atoms with E-state index in [2.05, 4.69) is 16.0 Å². The van der Waals surface area contributed by atoms with Crippen LogP contribution in [0, 0.1) is 0 Å². The van der Waals surface area contributed by atoms with Crippen LogP contribution < -0.4 is 16.7 Å². The third-order valence-electron chi connectivity index (χ3n) is 1.10. The number of carboxylic acid groups (broad SMARTS) is 1. The summed E-state index contributed by atoms with van der Waals surface area (Å²) in [7, 11) is 0. The van der Waals surface area contributed by atoms with Gasteiger partial charge in [-0.25, -0.2) is 5.43 Å². The molecule has 0 aliphatic rings. The van der Waals surface area contributed by atoms with E-state index in [4.69, 9.17) is 10.9 Å². The molecule has 1 atom stereocenters. The van der Waals surface area contributed by atoms with Crippen molar-refractivity contribution in [1.29, 1.82) is 0 Å². The molecule has 0 saturated carbocycles. The average Bonchev–Trinajstić information content (AvgIpc) is 1.97. The van der Waals surface area contributed by atoms with E-state index in [0.717, 1.165) is 0 Å². The number of carboxylic acids is 1. The zero-order valence-corrected chi connectivity index (χ0v) is 6.24. The first-order valence-corrected chi connectivity index (χ1v) is 3.18. The zero-order chi connectivity index (χ0) is 8.69. The maximum absolute atomic E-state index is 10.3. The maximum Gasteiger partial charge on any atom is 0.322 e. The van der Waals surface area contributed by atoms with Crippen LogP contribution >= 0.6 is 0 Å². The second kappa shape index (κ2) is 5.48. The van der Waals surface area contributed by atoms with Crippen molar-refractivity contribution in [2.24, 2.45) is 10.9 Å². The lowest BCUT2D eigenvalue weighted by molar-refractivity contribution is -0.139. The lowest BCUT2D eigenvalue weighted by Crippen LogP contribution is -2.44. The number of nitrogens with zero attached hydrogens (tertiary/aromatic N) is 1. The van der Waals surface area contributed by atoms with Crippen LogP contribution in [0.2, 0.25) is 0 Å². The van der Waals surface area contributed by atoms with Crippen LogP contribution in [-0.4, -0.2) is 23.5 Å². The molecule has 1 unspecified atom stereocenters. The molecule has 0 aliphatic heterocycles. The highest BCUT2D eigenvalue weighted by Gasteiger charge is 2.12. The van der Waals surface area contributed by atoms with Gasteiger partial charge in [0.25, 0.3) is 0 Å². The van der Waals surface area contributed by atoms with Gasteiger partial charge in [0.05, 0.1) is 0 Å². The number of hydrazone groups is 1. The molecule has 0 aromatic rings. The lowest BCUT2D eigenvalue weighted by atomic mass is 10.2. The van der Waals surface area contributed by atoms with Gasteiger partial charge in [0.1, 0.15) is 12.4 Å². The summed E-state index contributed by atoms with van der Waals surface area (Å²) in [5.41, 5.74) is 4.91. The Morgan fingerprint density at radius 3 is 2.91 bits per heavy atom. The van der Waals surface area contributed by atoms with E-state index in [1.54, 1.807) is 6.92 Å². The molecule has 0 heterocycles. The molecular weight excluding hydrogens is 148 g/mol. The summed E-state index contributed by atoms with van der Waals surface area (Å²) >= 11 is 0. The smallest absolute Gasteiger partial charge is 0.322 e. The van der Waals surface area contributed by atoms with Crippen molar-refractivity contribution in [3.05, 3.63) is 0 Å². The number of nitrogens with one attached hydrogen (secondary N) is 2. The number of hydrogen-bond donors (Lipinski definition) is 4. The third-order valence-corrected chi connectivity index (χ3v) is 1.10. The van der Waals surface area contributed by atoms with Gasteiger partial charge in [-0.3, -0.25) is 4.79 Å². The van der Waals surface area contributed by atoms with Crippen LogP contribution in [0.3, 0.4) is 0 Å². The molecule has 11 heavy (non-hydrogen) atoms. The lowest BCUT2D eigenvalue weighted by Gasteiger charge is -2.10. The minimum atomic E-state index is -0.912. The Bertz CT molecular complexity index is 147. The minimum absolute atomic E-state index is 0.487. The van der Waals surface area contributed by atoms with E-state index in [-0.39, 0.29) is 0 Å². The van der Waals surface area contributed by atoms with Crippen LogP contribution in [0.25, 0.3) is 0 Å². The molecule has 0 aromatic heterocycles. The molecule has 0 spiro atoms. The van der Waals surface area contributed by atoms with Gasteiger partial charge in [0.2, 0.25) is 0 Å². The fourth-order valence-electron chi connectivity index (χ4n) is 0.514. The third kappa shape index (κ3) is 4.15. The van der Waals surface area contributed by atoms with E-state index in [1.165, 1.54) is 6.34 Å². The standard InChI is InChI=1S/C5H12N4O2/c1-2-4(5(10)11)9-8-3-7-6/h3-4,9H,2,6H2,1H3,(H,7,8)(H,10,11). The maximum atomic E-state index is 10.3. The Balaban J connectivity index is 3.61. The first-order valence-electron chi connectivity index (χ1n) is 3.18. The van der Waals surface area contributed by atoms with E-state index in [9.17, 15) is 4.79 Å². The van der Waals surface area contributed by atoms with Crippen molar-refractivity contribution in [3.8, 4) is 0 Å². The van der Waals surface area contributed by atoms with E-state index >= 15 is 0 Å². The highest BCUT2D eigenvalue weighted by Crippen LogP contribution is 1.86. The molecule has 0 aliphatic carbocycles. The van der Waals surface area contributed by atoms with Gasteiger partial charge in [-0.15, -0.1) is 0 Å². The SMILES string of the molecule is CCC(NNC=NN)C(=O)O. The molecule has 0 bridgehead atoms. The molecule has 5 N–H and O–H groups in total. The van der Waals surface area contributed by atoms with Crippen molar-refractivity contribution in [2.75, 3.05) is 0 Å². The van der Waals surface area contributed by atoms with Gasteiger partial charge in [-0.05, 0) is 6.42 Å². The van der Waals surface area contributed by atoms with Crippen molar-refractivity contribution in [1.82, 2.24) is 10.9 Å². The number of carbonyl (C=O) groups is 1. The van der Waals surface area contributed by atoms with Crippen molar-refractivity contribution < 1.29 is 9.90 Å². The predicted molar refractivity (Wildman–Crippen MR) is 40.7 cm³/mol. The predicted octanol–water partition coefficient (Wildman–Crippen LogP) is -1.15. The number of rotatable bonds is 5. The Morgan fingerprint density at radius 2 is 2.55 bits per heavy atom. The molecule has 6 nitrogen and oxygen atoms in total. The Kier molecular flexibility index (Phi) is 4.83. The average molecular weight is 160 g/mol. The normalized spacial score (nSPS) is 13.2. The summed E-state index contributed by atoms with van der Waals surface area (Å²) in [5.74, 6) is 3.84. The van der Waals surface area contributed by atoms with Gasteiger partial charge in [0, 0.05) is 0 Å². The topological polar surface area (TPSA) is 99.7 Å². The van der Waals surface area contributed by atoms with Crippen LogP contribution in [0.4, 0.5) is 0 Å². The second-order valence-corrected chi connectivity index (χ2v) is 1.87. The highest BCUT2D eigenvalue weighted by molar-refractivity contribution is 5.73. The zero-order valence-electron chi connectivity index (χ0n) is 6.24. The second-order valence-electron chi connectivity index (χ2n) is 1.87. The highest BCUT2D eigenvalue weighted by atomic mass is 16.4. The quantitative estimate of drug-likeness (QED) is 0.176. The van der Waals surface area contributed by atoms with Gasteiger partial charge in [0.15, 0.2) is 0 Å². The molecule has 0 radical (unpaired) electrons. The van der Waals surface area contributed by atoms with Crippen molar-refractivity contribution in [2.45, 2.75) is 19.4 Å². The largest absolute Gasteiger partial charge is 0.480 e.